The predicted molar refractivity (Wildman–Crippen MR) is 331 cm³/mol. The van der Waals surface area contributed by atoms with E-state index < -0.39 is 55.6 Å². The quantitative estimate of drug-likeness (QED) is 0.100. The Bertz CT molecular complexity index is 4030. The van der Waals surface area contributed by atoms with E-state index in [2.05, 4.69) is 112 Å². The van der Waals surface area contributed by atoms with Crippen LogP contribution < -0.4 is 0 Å². The van der Waals surface area contributed by atoms with Crippen LogP contribution in [0.1, 0.15) is 83.5 Å². The molecule has 0 aromatic heterocycles. The lowest BCUT2D eigenvalue weighted by Crippen LogP contribution is -2.54. The number of rotatable bonds is 7. The van der Waals surface area contributed by atoms with Crippen LogP contribution in [0.5, 0.6) is 28.7 Å². The first-order valence-electron chi connectivity index (χ1n) is 27.7. The second-order valence-corrected chi connectivity index (χ2v) is 24.0. The molecule has 0 radical (unpaired) electrons. The maximum atomic E-state index is 13.9. The molecule has 14 heteroatoms. The van der Waals surface area contributed by atoms with Gasteiger partial charge < -0.3 is 25.5 Å². The summed E-state index contributed by atoms with van der Waals surface area (Å²) in [5.41, 5.74) is 10.0. The van der Waals surface area contributed by atoms with Gasteiger partial charge in [0.05, 0.1) is 15.2 Å². The first kappa shape index (κ1) is 63.7. The molecule has 7 nitrogen and oxygen atoms in total. The zero-order valence-corrected chi connectivity index (χ0v) is 50.2. The minimum atomic E-state index is -5.71. The lowest BCUT2D eigenvalue weighted by Gasteiger charge is -2.38. The molecule has 0 unspecified atom stereocenters. The molecule has 5 N–H and O–H groups in total. The van der Waals surface area contributed by atoms with Gasteiger partial charge in [0, 0.05) is 0 Å². The van der Waals surface area contributed by atoms with Crippen molar-refractivity contribution in [3.63, 3.8) is 0 Å². The van der Waals surface area contributed by atoms with Gasteiger partial charge in [0.2, 0.25) is 15.3 Å². The van der Waals surface area contributed by atoms with Crippen LogP contribution in [0.15, 0.2) is 216 Å². The highest BCUT2D eigenvalue weighted by Gasteiger charge is 2.72. The van der Waals surface area contributed by atoms with E-state index in [1.54, 1.807) is 37.3 Å². The van der Waals surface area contributed by atoms with Gasteiger partial charge in [-0.25, -0.2) is 8.42 Å². The van der Waals surface area contributed by atoms with Crippen molar-refractivity contribution in [1.29, 1.82) is 0 Å². The second-order valence-electron chi connectivity index (χ2n) is 22.0. The summed E-state index contributed by atoms with van der Waals surface area (Å²) in [4.78, 5) is 0.478. The summed E-state index contributed by atoms with van der Waals surface area (Å²) in [7, 11) is -3.53. The van der Waals surface area contributed by atoms with Gasteiger partial charge in [-0.15, -0.1) is 0 Å². The number of hydrogen-bond acceptors (Lipinski definition) is 7. The average Bonchev–Trinajstić information content (AvgIpc) is 1.67. The summed E-state index contributed by atoms with van der Waals surface area (Å²) in [5.74, 6) is -0.0839. The van der Waals surface area contributed by atoms with Gasteiger partial charge in [0.1, 0.15) is 28.7 Å². The molecule has 0 bridgehead atoms. The van der Waals surface area contributed by atoms with Crippen molar-refractivity contribution in [2.75, 3.05) is 0 Å². The number of halogens is 6. The van der Waals surface area contributed by atoms with Crippen molar-refractivity contribution in [2.45, 2.75) is 95.3 Å². The van der Waals surface area contributed by atoms with Gasteiger partial charge in [0.25, 0.3) is 0 Å². The molecule has 87 heavy (non-hydrogen) atoms. The summed E-state index contributed by atoms with van der Waals surface area (Å²) in [6.07, 6.45) is -11.4. The van der Waals surface area contributed by atoms with Crippen LogP contribution >= 0.6 is 0 Å². The van der Waals surface area contributed by atoms with Crippen molar-refractivity contribution in [3.8, 4) is 51.0 Å². The number of benzene rings is 10. The van der Waals surface area contributed by atoms with E-state index in [0.29, 0.717) is 41.3 Å². The first-order valence-corrected chi connectivity index (χ1v) is 29.2. The van der Waals surface area contributed by atoms with Gasteiger partial charge in [-0.1, -0.05) is 151 Å². The molecule has 0 saturated heterocycles. The molecule has 448 valence electrons. The maximum absolute atomic E-state index is 13.9. The number of hydrogen-bond donors (Lipinski definition) is 5. The van der Waals surface area contributed by atoms with E-state index in [1.807, 2.05) is 51.1 Å². The zero-order valence-electron chi connectivity index (χ0n) is 49.4. The number of phenols is 5. The molecule has 11 rings (SSSR count). The van der Waals surface area contributed by atoms with E-state index >= 15 is 0 Å². The third-order valence-electron chi connectivity index (χ3n) is 16.1. The maximum Gasteiger partial charge on any atom is 0.411 e. The fourth-order valence-corrected chi connectivity index (χ4v) is 12.4. The molecule has 0 aliphatic heterocycles. The molecule has 10 aromatic rings. The molecule has 0 saturated carbocycles. The Balaban J connectivity index is 0.000000155. The minimum absolute atomic E-state index is 0.0963. The number of aromatic hydroxyl groups is 5. The molecule has 1 aliphatic carbocycles. The SMILES string of the molecule is Cc1cc(C(c2ccc(O)c(C)c2)(C(F)(F)F)C(F)(F)F)ccc1O.Cc1ccc(C2(c3ccc(O)c(C)c3)c3ccccc3-c3ccccc32)cc1C.Cc1ccc(S(=O)(=O)c2ccc(O)c(C)c2)cc1C.Cc1cccc(-c2cccc(O)c2)c1. The normalized spacial score (nSPS) is 12.5. The topological polar surface area (TPSA) is 135 Å². The number of phenolic OH excluding ortho intramolecular Hbond substituents is 5. The Morgan fingerprint density at radius 2 is 0.724 bits per heavy atom. The monoisotopic (exact) mass is 1200 g/mol. The second kappa shape index (κ2) is 25.0. The van der Waals surface area contributed by atoms with Crippen LogP contribution in [-0.4, -0.2) is 46.3 Å². The Morgan fingerprint density at radius 1 is 0.345 bits per heavy atom. The summed E-state index contributed by atoms with van der Waals surface area (Å²) >= 11 is 0. The Morgan fingerprint density at radius 3 is 1.16 bits per heavy atom. The highest BCUT2D eigenvalue weighted by Crippen LogP contribution is 2.58. The first-order chi connectivity index (χ1) is 40.9. The highest BCUT2D eigenvalue weighted by molar-refractivity contribution is 7.91. The minimum Gasteiger partial charge on any atom is -0.508 e. The highest BCUT2D eigenvalue weighted by atomic mass is 32.2. The number of sulfone groups is 1. The Labute approximate surface area is 503 Å². The number of aryl methyl sites for hydroxylation is 9. The molecule has 0 fully saturated rings. The van der Waals surface area contributed by atoms with Gasteiger partial charge >= 0.3 is 12.4 Å². The van der Waals surface area contributed by atoms with Crippen LogP contribution in [0.2, 0.25) is 0 Å². The van der Waals surface area contributed by atoms with Crippen LogP contribution in [0.3, 0.4) is 0 Å². The summed E-state index contributed by atoms with van der Waals surface area (Å²) in [6.45, 7) is 16.3. The van der Waals surface area contributed by atoms with Crippen molar-refractivity contribution >= 4 is 9.84 Å². The predicted octanol–water partition coefficient (Wildman–Crippen LogP) is 18.3. The zero-order chi connectivity index (χ0) is 63.6. The summed E-state index contributed by atoms with van der Waals surface area (Å²) in [5, 5.41) is 48.0. The molecule has 10 aromatic carbocycles. The van der Waals surface area contributed by atoms with Crippen molar-refractivity contribution in [1.82, 2.24) is 0 Å². The average molecular weight is 1200 g/mol. The van der Waals surface area contributed by atoms with Gasteiger partial charge in [-0.2, -0.15) is 26.3 Å². The smallest absolute Gasteiger partial charge is 0.411 e. The standard InChI is InChI=1S/C28H24O.C17H14F6O2.C15H16O3S.C13H12O/c1-18-12-13-21(16-19(18)2)28(22-14-15-27(29)20(3)17-22)25-10-6-4-8-23(25)24-9-5-7-11-26(24)28;1-9-7-11(3-5-13(9)24)15(16(18,19)20,17(21,22)23)12-4-6-14(25)10(2)8-12;1-10-4-5-13(8-11(10)2)19(17,18)14-6-7-15(16)12(3)9-14;1-10-4-2-5-11(8-10)12-6-3-7-13(14)9-12/h4-17,29H,1-3H3;3-8,24-25H,1-2H3;4-9,16H,1-3H3;2-9,14H,1H3. The van der Waals surface area contributed by atoms with Crippen molar-refractivity contribution < 1.29 is 60.3 Å². The molecular formula is C73H66F6O7S. The van der Waals surface area contributed by atoms with E-state index in [4.69, 9.17) is 0 Å². The fraction of sp³-hybridized carbons (Fsp3) is 0.178. The van der Waals surface area contributed by atoms with Crippen molar-refractivity contribution in [3.05, 3.63) is 290 Å². The van der Waals surface area contributed by atoms with E-state index in [0.717, 1.165) is 39.9 Å². The number of alkyl halides is 6. The molecule has 0 heterocycles. The fourth-order valence-electron chi connectivity index (χ4n) is 11.0. The molecule has 0 atom stereocenters. The van der Waals surface area contributed by atoms with E-state index in [-0.39, 0.29) is 26.7 Å². The lowest BCUT2D eigenvalue weighted by molar-refractivity contribution is -0.288. The molecule has 0 amide bonds. The van der Waals surface area contributed by atoms with E-state index in [9.17, 15) is 60.3 Å². The summed E-state index contributed by atoms with van der Waals surface area (Å²) in [6, 6.07) is 59.4. The van der Waals surface area contributed by atoms with Gasteiger partial charge in [0.15, 0.2) is 0 Å². The number of fused-ring (bicyclic) bond motifs is 3. The van der Waals surface area contributed by atoms with Gasteiger partial charge in [-0.3, -0.25) is 0 Å². The molecule has 0 spiro atoms. The summed E-state index contributed by atoms with van der Waals surface area (Å²) < 4.78 is 108. The largest absolute Gasteiger partial charge is 0.508 e. The van der Waals surface area contributed by atoms with Crippen LogP contribution in [0, 0.1) is 62.3 Å². The third-order valence-corrected chi connectivity index (χ3v) is 17.8. The van der Waals surface area contributed by atoms with Crippen LogP contribution in [0.4, 0.5) is 26.3 Å². The Kier molecular flexibility index (Phi) is 18.3. The lowest BCUT2D eigenvalue weighted by atomic mass is 9.67. The van der Waals surface area contributed by atoms with Gasteiger partial charge in [-0.05, 0) is 223 Å². The van der Waals surface area contributed by atoms with Crippen LogP contribution in [-0.2, 0) is 20.7 Å². The van der Waals surface area contributed by atoms with E-state index in [1.165, 1.54) is 82.1 Å². The third kappa shape index (κ3) is 12.6. The van der Waals surface area contributed by atoms with Crippen LogP contribution in [0.25, 0.3) is 22.3 Å². The molecular weight excluding hydrogens is 1130 g/mol. The Hall–Kier alpha value is -9.27. The van der Waals surface area contributed by atoms with Crippen molar-refractivity contribution in [2.24, 2.45) is 0 Å². The molecule has 1 aliphatic rings.